The summed E-state index contributed by atoms with van der Waals surface area (Å²) in [5.41, 5.74) is 0.675. The summed E-state index contributed by atoms with van der Waals surface area (Å²) in [6.45, 7) is 0.570. The maximum Gasteiger partial charge on any atom is 0.269 e. The number of non-ortho nitro benzene ring substituents is 1. The average molecular weight is 318 g/mol. The first-order valence-electron chi connectivity index (χ1n) is 6.93. The lowest BCUT2D eigenvalue weighted by Crippen LogP contribution is -2.29. The van der Waals surface area contributed by atoms with Crippen LogP contribution >= 0.6 is 0 Å². The zero-order valence-corrected chi connectivity index (χ0v) is 12.2. The van der Waals surface area contributed by atoms with E-state index in [1.165, 1.54) is 36.4 Å². The molecule has 120 valence electrons. The standard InChI is InChI=1S/C16H15FN2O4/c17-13-3-7-15(8-4-13)23-10-9-18-16(20)11-12-1-5-14(6-2-12)19(21)22/h1-8H,9-11H2,(H,18,20). The second-order valence-electron chi connectivity index (χ2n) is 4.75. The number of carbonyl (C=O) groups excluding carboxylic acids is 1. The molecule has 0 unspecified atom stereocenters. The summed E-state index contributed by atoms with van der Waals surface area (Å²) < 4.78 is 18.1. The molecule has 1 amide bonds. The fourth-order valence-corrected chi connectivity index (χ4v) is 1.87. The number of benzene rings is 2. The van der Waals surface area contributed by atoms with Gasteiger partial charge in [0.2, 0.25) is 5.91 Å². The minimum Gasteiger partial charge on any atom is -0.492 e. The van der Waals surface area contributed by atoms with Gasteiger partial charge in [-0.05, 0) is 29.8 Å². The number of nitro benzene ring substituents is 1. The summed E-state index contributed by atoms with van der Waals surface area (Å²) in [6, 6.07) is 11.4. The predicted octanol–water partition coefficient (Wildman–Crippen LogP) is 2.47. The number of carbonyl (C=O) groups is 1. The summed E-state index contributed by atoms with van der Waals surface area (Å²) in [6.07, 6.45) is 0.133. The Labute approximate surface area is 132 Å². The first-order chi connectivity index (χ1) is 11.0. The van der Waals surface area contributed by atoms with E-state index < -0.39 is 4.92 Å². The average Bonchev–Trinajstić information content (AvgIpc) is 2.54. The molecule has 0 atom stereocenters. The van der Waals surface area contributed by atoms with E-state index in [0.29, 0.717) is 17.9 Å². The van der Waals surface area contributed by atoms with E-state index in [9.17, 15) is 19.3 Å². The smallest absolute Gasteiger partial charge is 0.269 e. The Morgan fingerprint density at radius 3 is 2.39 bits per heavy atom. The van der Waals surface area contributed by atoms with Crippen LogP contribution in [0.25, 0.3) is 0 Å². The summed E-state index contributed by atoms with van der Waals surface area (Å²) in [4.78, 5) is 21.8. The van der Waals surface area contributed by atoms with Crippen LogP contribution < -0.4 is 10.1 Å². The van der Waals surface area contributed by atoms with E-state index in [4.69, 9.17) is 4.74 Å². The van der Waals surface area contributed by atoms with Crippen LogP contribution in [0.5, 0.6) is 5.75 Å². The van der Waals surface area contributed by atoms with Gasteiger partial charge in [-0.3, -0.25) is 14.9 Å². The second-order valence-corrected chi connectivity index (χ2v) is 4.75. The van der Waals surface area contributed by atoms with Gasteiger partial charge >= 0.3 is 0 Å². The van der Waals surface area contributed by atoms with Gasteiger partial charge in [-0.25, -0.2) is 4.39 Å². The van der Waals surface area contributed by atoms with Gasteiger partial charge in [-0.1, -0.05) is 12.1 Å². The Bertz CT molecular complexity index is 671. The normalized spacial score (nSPS) is 10.1. The highest BCUT2D eigenvalue weighted by molar-refractivity contribution is 5.78. The molecule has 0 bridgehead atoms. The van der Waals surface area contributed by atoms with Crippen molar-refractivity contribution in [2.45, 2.75) is 6.42 Å². The number of hydrogen-bond acceptors (Lipinski definition) is 4. The molecular weight excluding hydrogens is 303 g/mol. The largest absolute Gasteiger partial charge is 0.492 e. The number of nitrogens with zero attached hydrogens (tertiary/aromatic N) is 1. The maximum atomic E-state index is 12.7. The monoisotopic (exact) mass is 318 g/mol. The van der Waals surface area contributed by atoms with Crippen molar-refractivity contribution in [3.63, 3.8) is 0 Å². The minimum atomic E-state index is -0.489. The van der Waals surface area contributed by atoms with Crippen molar-refractivity contribution in [1.82, 2.24) is 5.32 Å². The second kappa shape index (κ2) is 7.88. The van der Waals surface area contributed by atoms with Gasteiger partial charge in [0.25, 0.3) is 5.69 Å². The van der Waals surface area contributed by atoms with Crippen LogP contribution in [0.1, 0.15) is 5.56 Å². The molecule has 0 saturated heterocycles. The SMILES string of the molecule is O=C(Cc1ccc([N+](=O)[O-])cc1)NCCOc1ccc(F)cc1. The third kappa shape index (κ3) is 5.39. The van der Waals surface area contributed by atoms with Gasteiger partial charge in [0.1, 0.15) is 18.2 Å². The highest BCUT2D eigenvalue weighted by Gasteiger charge is 2.07. The molecule has 0 aliphatic rings. The van der Waals surface area contributed by atoms with Gasteiger partial charge in [-0.2, -0.15) is 0 Å². The van der Waals surface area contributed by atoms with Crippen LogP contribution in [0.2, 0.25) is 0 Å². The van der Waals surface area contributed by atoms with Crippen molar-refractivity contribution in [2.75, 3.05) is 13.2 Å². The minimum absolute atomic E-state index is 0.0122. The molecule has 2 aromatic carbocycles. The zero-order valence-electron chi connectivity index (χ0n) is 12.2. The molecule has 7 heteroatoms. The number of hydrogen-bond donors (Lipinski definition) is 1. The van der Waals surface area contributed by atoms with Crippen LogP contribution in [0, 0.1) is 15.9 Å². The Balaban J connectivity index is 1.70. The maximum absolute atomic E-state index is 12.7. The van der Waals surface area contributed by atoms with E-state index in [1.54, 1.807) is 12.1 Å². The van der Waals surface area contributed by atoms with E-state index in [1.807, 2.05) is 0 Å². The van der Waals surface area contributed by atoms with Crippen molar-refractivity contribution in [3.8, 4) is 5.75 Å². The third-order valence-electron chi connectivity index (χ3n) is 3.02. The Hall–Kier alpha value is -2.96. The first kappa shape index (κ1) is 16.4. The van der Waals surface area contributed by atoms with Gasteiger partial charge < -0.3 is 10.1 Å². The van der Waals surface area contributed by atoms with Crippen molar-refractivity contribution in [3.05, 3.63) is 70.0 Å². The molecular formula is C16H15FN2O4. The van der Waals surface area contributed by atoms with Crippen molar-refractivity contribution in [1.29, 1.82) is 0 Å². The molecule has 0 spiro atoms. The van der Waals surface area contributed by atoms with E-state index in [2.05, 4.69) is 5.32 Å². The highest BCUT2D eigenvalue weighted by atomic mass is 19.1. The van der Waals surface area contributed by atoms with E-state index >= 15 is 0 Å². The molecule has 0 radical (unpaired) electrons. The number of ether oxygens (including phenoxy) is 1. The van der Waals surface area contributed by atoms with Crippen LogP contribution in [0.15, 0.2) is 48.5 Å². The number of halogens is 1. The quantitative estimate of drug-likeness (QED) is 0.483. The fraction of sp³-hybridized carbons (Fsp3) is 0.188. The molecule has 2 aromatic rings. The molecule has 0 aromatic heterocycles. The van der Waals surface area contributed by atoms with Crippen LogP contribution in [-0.4, -0.2) is 24.0 Å². The Morgan fingerprint density at radius 1 is 1.13 bits per heavy atom. The molecule has 1 N–H and O–H groups in total. The van der Waals surface area contributed by atoms with Crippen LogP contribution in [0.3, 0.4) is 0 Å². The lowest BCUT2D eigenvalue weighted by molar-refractivity contribution is -0.384. The van der Waals surface area contributed by atoms with Crippen molar-refractivity contribution in [2.24, 2.45) is 0 Å². The number of amides is 1. The lowest BCUT2D eigenvalue weighted by atomic mass is 10.1. The first-order valence-corrected chi connectivity index (χ1v) is 6.93. The number of nitro groups is 1. The molecule has 2 rings (SSSR count). The summed E-state index contributed by atoms with van der Waals surface area (Å²) in [5.74, 6) is -0.0219. The predicted molar refractivity (Wildman–Crippen MR) is 81.7 cm³/mol. The lowest BCUT2D eigenvalue weighted by Gasteiger charge is -2.08. The van der Waals surface area contributed by atoms with Gasteiger partial charge in [-0.15, -0.1) is 0 Å². The van der Waals surface area contributed by atoms with Crippen molar-refractivity contribution < 1.29 is 18.8 Å². The van der Waals surface area contributed by atoms with Gasteiger partial charge in [0, 0.05) is 12.1 Å². The Morgan fingerprint density at radius 2 is 1.78 bits per heavy atom. The molecule has 0 fully saturated rings. The molecule has 23 heavy (non-hydrogen) atoms. The number of nitrogens with one attached hydrogen (secondary N) is 1. The van der Waals surface area contributed by atoms with Crippen LogP contribution in [0.4, 0.5) is 10.1 Å². The summed E-state index contributed by atoms with van der Waals surface area (Å²) in [5, 5.41) is 13.2. The van der Waals surface area contributed by atoms with Crippen LogP contribution in [-0.2, 0) is 11.2 Å². The van der Waals surface area contributed by atoms with Gasteiger partial charge in [0.15, 0.2) is 0 Å². The zero-order chi connectivity index (χ0) is 16.7. The van der Waals surface area contributed by atoms with E-state index in [0.717, 1.165) is 0 Å². The number of rotatable bonds is 7. The molecule has 0 saturated carbocycles. The van der Waals surface area contributed by atoms with E-state index in [-0.39, 0.29) is 30.4 Å². The molecule has 0 heterocycles. The fourth-order valence-electron chi connectivity index (χ4n) is 1.87. The van der Waals surface area contributed by atoms with Gasteiger partial charge in [0.05, 0.1) is 17.9 Å². The topological polar surface area (TPSA) is 81.5 Å². The summed E-state index contributed by atoms with van der Waals surface area (Å²) in [7, 11) is 0. The summed E-state index contributed by atoms with van der Waals surface area (Å²) >= 11 is 0. The van der Waals surface area contributed by atoms with Crippen molar-refractivity contribution >= 4 is 11.6 Å². The third-order valence-corrected chi connectivity index (χ3v) is 3.02. The Kier molecular flexibility index (Phi) is 5.62. The molecule has 6 nitrogen and oxygen atoms in total. The highest BCUT2D eigenvalue weighted by Crippen LogP contribution is 2.12. The molecule has 0 aliphatic heterocycles. The molecule has 0 aliphatic carbocycles.